The van der Waals surface area contributed by atoms with Crippen LogP contribution in [0.2, 0.25) is 5.02 Å². The number of aromatic nitrogens is 3. The van der Waals surface area contributed by atoms with Gasteiger partial charge in [0.05, 0.1) is 6.54 Å². The Morgan fingerprint density at radius 1 is 1.21 bits per heavy atom. The molecule has 0 radical (unpaired) electrons. The number of nitrogens with zero attached hydrogens (tertiary/aromatic N) is 3. The van der Waals surface area contributed by atoms with Gasteiger partial charge in [-0.3, -0.25) is 9.59 Å². The van der Waals surface area contributed by atoms with E-state index in [1.54, 1.807) is 43.0 Å². The minimum Gasteiger partial charge on any atom is -0.419 e. The highest BCUT2D eigenvalue weighted by Crippen LogP contribution is 2.31. The maximum Gasteiger partial charge on any atom is 0.271 e. The molecule has 4 rings (SSSR count). The molecule has 0 spiro atoms. The molecule has 1 aliphatic rings. The Balaban J connectivity index is 1.58. The highest BCUT2D eigenvalue weighted by atomic mass is 35.5. The second-order valence-electron chi connectivity index (χ2n) is 7.35. The van der Waals surface area contributed by atoms with Gasteiger partial charge in [-0.1, -0.05) is 11.6 Å². The molecule has 3 aromatic rings. The summed E-state index contributed by atoms with van der Waals surface area (Å²) < 4.78 is 5.78. The van der Waals surface area contributed by atoms with Crippen LogP contribution in [0.3, 0.4) is 0 Å². The van der Waals surface area contributed by atoms with Crippen LogP contribution in [-0.4, -0.2) is 37.8 Å². The molecule has 1 N–H and O–H groups in total. The monoisotopic (exact) mass is 412 g/mol. The second-order valence-corrected chi connectivity index (χ2v) is 7.79. The molecule has 29 heavy (non-hydrogen) atoms. The summed E-state index contributed by atoms with van der Waals surface area (Å²) in [5.74, 6) is 0.526. The number of halogens is 1. The highest BCUT2D eigenvalue weighted by Gasteiger charge is 2.36. The van der Waals surface area contributed by atoms with Crippen molar-refractivity contribution in [3.8, 4) is 11.5 Å². The molecule has 1 fully saturated rings. The first kappa shape index (κ1) is 19.4. The molecule has 8 heteroatoms. The maximum absolute atomic E-state index is 13.2. The summed E-state index contributed by atoms with van der Waals surface area (Å²) in [6.45, 7) is 5.33. The van der Waals surface area contributed by atoms with Crippen molar-refractivity contribution in [3.63, 3.8) is 0 Å². The van der Waals surface area contributed by atoms with E-state index in [4.69, 9.17) is 16.0 Å². The van der Waals surface area contributed by atoms with Gasteiger partial charge in [-0.25, -0.2) is 0 Å². The first-order valence-electron chi connectivity index (χ1n) is 9.44. The summed E-state index contributed by atoms with van der Waals surface area (Å²) in [6.07, 6.45) is 1.87. The van der Waals surface area contributed by atoms with Gasteiger partial charge in [0.25, 0.3) is 5.91 Å². The van der Waals surface area contributed by atoms with Crippen LogP contribution in [0.5, 0.6) is 0 Å². The van der Waals surface area contributed by atoms with E-state index >= 15 is 0 Å². The van der Waals surface area contributed by atoms with Crippen molar-refractivity contribution in [2.45, 2.75) is 46.2 Å². The smallest absolute Gasteiger partial charge is 0.271 e. The fraction of sp³-hybridized carbons (Fsp3) is 0.333. The van der Waals surface area contributed by atoms with E-state index in [-0.39, 0.29) is 24.3 Å². The van der Waals surface area contributed by atoms with Crippen molar-refractivity contribution in [3.05, 3.63) is 57.7 Å². The van der Waals surface area contributed by atoms with Crippen LogP contribution in [0.4, 0.5) is 0 Å². The van der Waals surface area contributed by atoms with Gasteiger partial charge < -0.3 is 14.3 Å². The fourth-order valence-corrected chi connectivity index (χ4v) is 3.69. The molecule has 7 nitrogen and oxygen atoms in total. The van der Waals surface area contributed by atoms with Crippen LogP contribution >= 0.6 is 11.6 Å². The molecule has 150 valence electrons. The Morgan fingerprint density at radius 3 is 2.48 bits per heavy atom. The molecule has 0 saturated heterocycles. The maximum atomic E-state index is 13.2. The number of aryl methyl sites for hydroxylation is 1. The number of hydrogen-bond donors (Lipinski definition) is 1. The summed E-state index contributed by atoms with van der Waals surface area (Å²) in [6, 6.07) is 7.25. The lowest BCUT2D eigenvalue weighted by Crippen LogP contribution is -2.33. The van der Waals surface area contributed by atoms with Crippen molar-refractivity contribution >= 4 is 23.3 Å². The van der Waals surface area contributed by atoms with Gasteiger partial charge in [-0.05, 0) is 63.4 Å². The number of H-pyrrole nitrogens is 1. The van der Waals surface area contributed by atoms with Gasteiger partial charge in [0, 0.05) is 27.9 Å². The average Bonchev–Trinajstić information content (AvgIpc) is 3.33. The van der Waals surface area contributed by atoms with E-state index in [1.807, 2.05) is 0 Å². The van der Waals surface area contributed by atoms with Crippen molar-refractivity contribution in [2.75, 3.05) is 0 Å². The molecular formula is C21H21ClN4O3. The molecule has 1 aromatic carbocycles. The summed E-state index contributed by atoms with van der Waals surface area (Å²) in [7, 11) is 0. The lowest BCUT2D eigenvalue weighted by Gasteiger charge is -2.20. The Morgan fingerprint density at radius 2 is 1.90 bits per heavy atom. The molecule has 1 aliphatic carbocycles. The number of hydrogen-bond acceptors (Lipinski definition) is 5. The Labute approximate surface area is 173 Å². The van der Waals surface area contributed by atoms with Gasteiger partial charge >= 0.3 is 0 Å². The number of amides is 1. The molecule has 0 atom stereocenters. The van der Waals surface area contributed by atoms with Gasteiger partial charge in [-0.2, -0.15) is 0 Å². The predicted octanol–water partition coefficient (Wildman–Crippen LogP) is 4.34. The predicted molar refractivity (Wildman–Crippen MR) is 108 cm³/mol. The zero-order chi connectivity index (χ0) is 20.7. The standard InChI is InChI=1S/C21H21ClN4O3/c1-11-18(13(3)27)12(2)23-19(11)21(28)26(16-8-9-16)10-17-24-25-20(29-17)14-4-6-15(22)7-5-14/h4-7,16,23H,8-10H2,1-3H3. The Kier molecular flexibility index (Phi) is 5.00. The second kappa shape index (κ2) is 7.48. The number of benzene rings is 1. The zero-order valence-electron chi connectivity index (χ0n) is 16.5. The summed E-state index contributed by atoms with van der Waals surface area (Å²) in [5.41, 5.74) is 3.17. The minimum atomic E-state index is -0.160. The van der Waals surface area contributed by atoms with Gasteiger partial charge in [0.2, 0.25) is 11.8 Å². The van der Waals surface area contributed by atoms with Crippen LogP contribution in [0.15, 0.2) is 28.7 Å². The molecule has 1 amide bonds. The van der Waals surface area contributed by atoms with Crippen molar-refractivity contribution in [1.29, 1.82) is 0 Å². The van der Waals surface area contributed by atoms with Gasteiger partial charge in [0.1, 0.15) is 5.69 Å². The largest absolute Gasteiger partial charge is 0.419 e. The van der Waals surface area contributed by atoms with E-state index in [9.17, 15) is 9.59 Å². The summed E-state index contributed by atoms with van der Waals surface area (Å²) in [5, 5.41) is 8.82. The number of carbonyl (C=O) groups excluding carboxylic acids is 2. The van der Waals surface area contributed by atoms with E-state index in [1.165, 1.54) is 6.92 Å². The molecular weight excluding hydrogens is 392 g/mol. The van der Waals surface area contributed by atoms with Gasteiger partial charge in [0.15, 0.2) is 5.78 Å². The number of nitrogens with one attached hydrogen (secondary N) is 1. The third-order valence-electron chi connectivity index (χ3n) is 5.12. The summed E-state index contributed by atoms with van der Waals surface area (Å²) >= 11 is 5.92. The quantitative estimate of drug-likeness (QED) is 0.608. The van der Waals surface area contributed by atoms with Crippen LogP contribution in [0.25, 0.3) is 11.5 Å². The van der Waals surface area contributed by atoms with Crippen LogP contribution < -0.4 is 0 Å². The fourth-order valence-electron chi connectivity index (χ4n) is 3.56. The first-order valence-corrected chi connectivity index (χ1v) is 9.82. The van der Waals surface area contributed by atoms with Crippen molar-refractivity contribution in [2.24, 2.45) is 0 Å². The van der Waals surface area contributed by atoms with E-state index < -0.39 is 0 Å². The number of rotatable bonds is 6. The van der Waals surface area contributed by atoms with E-state index in [0.29, 0.717) is 39.3 Å². The van der Waals surface area contributed by atoms with E-state index in [0.717, 1.165) is 18.4 Å². The lowest BCUT2D eigenvalue weighted by molar-refractivity contribution is 0.0708. The number of aromatic amines is 1. The lowest BCUT2D eigenvalue weighted by atomic mass is 10.1. The minimum absolute atomic E-state index is 0.0576. The third-order valence-corrected chi connectivity index (χ3v) is 5.37. The van der Waals surface area contributed by atoms with Crippen molar-refractivity contribution in [1.82, 2.24) is 20.1 Å². The first-order chi connectivity index (χ1) is 13.8. The van der Waals surface area contributed by atoms with Gasteiger partial charge in [-0.15, -0.1) is 10.2 Å². The molecule has 2 aromatic heterocycles. The van der Waals surface area contributed by atoms with Crippen molar-refractivity contribution < 1.29 is 14.0 Å². The molecule has 0 aliphatic heterocycles. The summed E-state index contributed by atoms with van der Waals surface area (Å²) in [4.78, 5) is 30.0. The Hall–Kier alpha value is -2.93. The average molecular weight is 413 g/mol. The molecule has 0 unspecified atom stereocenters. The highest BCUT2D eigenvalue weighted by molar-refractivity contribution is 6.30. The van der Waals surface area contributed by atoms with Crippen LogP contribution in [0.1, 0.15) is 57.8 Å². The normalized spacial score (nSPS) is 13.5. The Bertz CT molecular complexity index is 1080. The van der Waals surface area contributed by atoms with Crippen LogP contribution in [-0.2, 0) is 6.54 Å². The number of ketones is 1. The molecule has 2 heterocycles. The zero-order valence-corrected chi connectivity index (χ0v) is 17.2. The SMILES string of the molecule is CC(=O)c1c(C)[nH]c(C(=O)N(Cc2nnc(-c3ccc(Cl)cc3)o2)C2CC2)c1C. The topological polar surface area (TPSA) is 92.1 Å². The third kappa shape index (κ3) is 3.82. The molecule has 1 saturated carbocycles. The number of Topliss-reactive ketones (excluding diaryl/α,β-unsaturated/α-hetero) is 1. The number of carbonyl (C=O) groups is 2. The van der Waals surface area contributed by atoms with E-state index in [2.05, 4.69) is 15.2 Å². The molecule has 0 bridgehead atoms. The van der Waals surface area contributed by atoms with Crippen LogP contribution in [0, 0.1) is 13.8 Å².